The fourth-order valence-electron chi connectivity index (χ4n) is 13.2. The van der Waals surface area contributed by atoms with Crippen LogP contribution in [0, 0.1) is 0 Å². The highest BCUT2D eigenvalue weighted by atomic mass is 15.3. The van der Waals surface area contributed by atoms with Gasteiger partial charge in [-0.2, -0.15) is 5.10 Å². The van der Waals surface area contributed by atoms with E-state index < -0.39 is 5.41 Å². The topological polar surface area (TPSA) is 20.5 Å². The minimum Gasteiger partial charge on any atom is -0.307 e. The Balaban J connectivity index is 1.13. The summed E-state index contributed by atoms with van der Waals surface area (Å²) in [7, 11) is 0. The van der Waals surface area contributed by atoms with Crippen LogP contribution < -0.4 is 4.90 Å². The fraction of sp³-hybridized carbons (Fsp3) is 0.0580. The van der Waals surface area contributed by atoms with Crippen LogP contribution in [0.5, 0.6) is 0 Å². The number of benzene rings is 10. The zero-order chi connectivity index (χ0) is 47.7. The first-order valence-corrected chi connectivity index (χ1v) is 25.1. The Kier molecular flexibility index (Phi) is 8.63. The lowest BCUT2D eigenvalue weighted by atomic mass is 9.70. The number of aromatic nitrogens is 2. The number of nitrogens with zero attached hydrogens (tertiary/aromatic N) is 3. The monoisotopic (exact) mass is 917 g/mol. The molecule has 3 nitrogen and oxygen atoms in total. The number of fused-ring (bicyclic) bond motifs is 16. The van der Waals surface area contributed by atoms with Crippen molar-refractivity contribution in [1.82, 2.24) is 9.61 Å². The molecule has 0 amide bonds. The summed E-state index contributed by atoms with van der Waals surface area (Å²) in [5, 5.41) is 8.10. The van der Waals surface area contributed by atoms with E-state index in [2.05, 4.69) is 272 Å². The second-order valence-electron chi connectivity index (χ2n) is 20.1. The minimum atomic E-state index is -0.528. The lowest BCUT2D eigenvalue weighted by Crippen LogP contribution is -2.26. The maximum absolute atomic E-state index is 5.83. The lowest BCUT2D eigenvalue weighted by molar-refractivity contribution is 0.660. The zero-order valence-corrected chi connectivity index (χ0v) is 40.0. The molecule has 0 saturated carbocycles. The van der Waals surface area contributed by atoms with Crippen molar-refractivity contribution < 1.29 is 0 Å². The molecule has 0 saturated heterocycles. The third-order valence-corrected chi connectivity index (χ3v) is 16.2. The van der Waals surface area contributed by atoms with E-state index in [1.807, 2.05) is 0 Å². The number of hydrogen-bond donors (Lipinski definition) is 0. The van der Waals surface area contributed by atoms with Crippen LogP contribution in [0.2, 0.25) is 0 Å². The van der Waals surface area contributed by atoms with Gasteiger partial charge in [0.25, 0.3) is 0 Å². The Hall–Kier alpha value is -9.05. The summed E-state index contributed by atoms with van der Waals surface area (Å²) in [4.78, 5) is 2.61. The van der Waals surface area contributed by atoms with E-state index in [0.717, 1.165) is 67.0 Å². The molecule has 1 spiro atoms. The summed E-state index contributed by atoms with van der Waals surface area (Å²) < 4.78 is 2.28. The molecule has 2 heterocycles. The highest BCUT2D eigenvalue weighted by molar-refractivity contribution is 6.16. The Morgan fingerprint density at radius 1 is 0.375 bits per heavy atom. The molecule has 3 heteroatoms. The summed E-state index contributed by atoms with van der Waals surface area (Å²) in [6.07, 6.45) is 0. The van der Waals surface area contributed by atoms with E-state index >= 15 is 0 Å². The number of anilines is 3. The molecule has 72 heavy (non-hydrogen) atoms. The predicted octanol–water partition coefficient (Wildman–Crippen LogP) is 17.6. The van der Waals surface area contributed by atoms with Gasteiger partial charge >= 0.3 is 0 Å². The molecule has 0 radical (unpaired) electrons. The van der Waals surface area contributed by atoms with Gasteiger partial charge in [0.05, 0.1) is 28.0 Å². The van der Waals surface area contributed by atoms with Gasteiger partial charge < -0.3 is 4.90 Å². The molecule has 15 rings (SSSR count). The molecule has 0 N–H and O–H groups in total. The summed E-state index contributed by atoms with van der Waals surface area (Å²) in [6.45, 7) is 4.77. The van der Waals surface area contributed by atoms with Crippen molar-refractivity contribution in [3.63, 3.8) is 0 Å². The molecule has 0 bridgehead atoms. The molecule has 3 aliphatic rings. The molecule has 0 unspecified atom stereocenters. The van der Waals surface area contributed by atoms with Gasteiger partial charge in [-0.25, -0.2) is 4.52 Å². The molecule has 3 aliphatic carbocycles. The molecular formula is C69H47N3. The number of pyridine rings is 1. The third-order valence-electron chi connectivity index (χ3n) is 16.2. The van der Waals surface area contributed by atoms with Crippen molar-refractivity contribution in [3.05, 3.63) is 282 Å². The quantitative estimate of drug-likeness (QED) is 0.166. The largest absolute Gasteiger partial charge is 0.307 e. The van der Waals surface area contributed by atoms with Crippen LogP contribution in [0.25, 0.3) is 83.3 Å². The van der Waals surface area contributed by atoms with Gasteiger partial charge in [0.2, 0.25) is 0 Å². The van der Waals surface area contributed by atoms with Crippen molar-refractivity contribution >= 4 is 33.4 Å². The van der Waals surface area contributed by atoms with Gasteiger partial charge in [0.15, 0.2) is 0 Å². The van der Waals surface area contributed by atoms with Gasteiger partial charge in [0.1, 0.15) is 5.69 Å². The van der Waals surface area contributed by atoms with Crippen LogP contribution in [-0.2, 0) is 10.8 Å². The number of rotatable bonds is 6. The first-order valence-electron chi connectivity index (χ1n) is 25.1. The average Bonchev–Trinajstić information content (AvgIpc) is 4.15. The van der Waals surface area contributed by atoms with Gasteiger partial charge in [0, 0.05) is 44.1 Å². The van der Waals surface area contributed by atoms with E-state index in [4.69, 9.17) is 5.10 Å². The summed E-state index contributed by atoms with van der Waals surface area (Å²) in [5.74, 6) is 0. The Morgan fingerprint density at radius 2 is 0.861 bits per heavy atom. The first-order chi connectivity index (χ1) is 35.5. The second-order valence-corrected chi connectivity index (χ2v) is 20.1. The Morgan fingerprint density at radius 3 is 1.49 bits per heavy atom. The van der Waals surface area contributed by atoms with Crippen LogP contribution in [0.4, 0.5) is 17.1 Å². The SMILES string of the molecule is CC1(C)c2ccccc2-c2c(N(c3ccc4c(c3)C3(c5ccccc5-c5ccccc53)c3ccccc3-4)c3c(-c4ccccc4)n4nc(-c5ccccc5)c(-c5ccccc5)c4c4ccccc34)cccc21. The zero-order valence-electron chi connectivity index (χ0n) is 40.0. The van der Waals surface area contributed by atoms with E-state index in [1.54, 1.807) is 0 Å². The van der Waals surface area contributed by atoms with Crippen molar-refractivity contribution in [2.24, 2.45) is 0 Å². The molecular weight excluding hydrogens is 871 g/mol. The summed E-state index contributed by atoms with van der Waals surface area (Å²) in [5.41, 5.74) is 25.5. The lowest BCUT2D eigenvalue weighted by Gasteiger charge is -2.34. The van der Waals surface area contributed by atoms with Crippen molar-refractivity contribution in [2.75, 3.05) is 4.90 Å². The van der Waals surface area contributed by atoms with Gasteiger partial charge in [-0.15, -0.1) is 0 Å². The first kappa shape index (κ1) is 40.8. The average molecular weight is 918 g/mol. The normalized spacial score (nSPS) is 13.9. The summed E-state index contributed by atoms with van der Waals surface area (Å²) in [6, 6.07) is 92.2. The highest BCUT2D eigenvalue weighted by Crippen LogP contribution is 2.64. The van der Waals surface area contributed by atoms with Crippen LogP contribution in [0.3, 0.4) is 0 Å². The van der Waals surface area contributed by atoms with Crippen LogP contribution in [0.1, 0.15) is 47.2 Å². The van der Waals surface area contributed by atoms with E-state index in [9.17, 15) is 0 Å². The molecule has 2 aromatic heterocycles. The van der Waals surface area contributed by atoms with Gasteiger partial charge in [-0.1, -0.05) is 244 Å². The second kappa shape index (κ2) is 15.2. The molecule has 10 aromatic carbocycles. The number of hydrogen-bond acceptors (Lipinski definition) is 2. The van der Waals surface area contributed by atoms with Crippen LogP contribution in [0.15, 0.2) is 249 Å². The van der Waals surface area contributed by atoms with Gasteiger partial charge in [-0.05, 0) is 85.0 Å². The molecule has 338 valence electrons. The van der Waals surface area contributed by atoms with Crippen molar-refractivity contribution in [3.8, 4) is 67.0 Å². The van der Waals surface area contributed by atoms with E-state index in [0.29, 0.717) is 0 Å². The van der Waals surface area contributed by atoms with Crippen molar-refractivity contribution in [2.45, 2.75) is 24.7 Å². The Bertz CT molecular complexity index is 4120. The fourth-order valence-corrected chi connectivity index (χ4v) is 13.2. The van der Waals surface area contributed by atoms with Crippen LogP contribution in [-0.4, -0.2) is 9.61 Å². The molecule has 12 aromatic rings. The summed E-state index contributed by atoms with van der Waals surface area (Å²) >= 11 is 0. The van der Waals surface area contributed by atoms with E-state index in [-0.39, 0.29) is 5.41 Å². The highest BCUT2D eigenvalue weighted by Gasteiger charge is 2.52. The maximum Gasteiger partial charge on any atom is 0.101 e. The van der Waals surface area contributed by atoms with Crippen LogP contribution >= 0.6 is 0 Å². The third kappa shape index (κ3) is 5.42. The molecule has 0 fully saturated rings. The molecule has 0 aliphatic heterocycles. The standard InChI is InChI=1S/C69H47N3/c1-68(2)55-35-18-17-34-54(55)63-59(68)39-22-40-61(63)71(47-41-42-51-50-31-16-21-38-58(50)69(60(51)43-47)56-36-19-14-29-48(56)49-30-15-20-37-57(49)69)67-53-33-13-12-32-52(53)66-62(44-23-6-3-7-24-44)64(45-25-8-4-9-26-45)70-72(66)65(67)46-27-10-5-11-28-46/h3-43H,1-2H3. The Labute approximate surface area is 419 Å². The minimum absolute atomic E-state index is 0.222. The molecule has 0 atom stereocenters. The van der Waals surface area contributed by atoms with Gasteiger partial charge in [-0.3, -0.25) is 0 Å². The van der Waals surface area contributed by atoms with E-state index in [1.165, 1.54) is 66.8 Å². The van der Waals surface area contributed by atoms with Crippen molar-refractivity contribution in [1.29, 1.82) is 0 Å². The predicted molar refractivity (Wildman–Crippen MR) is 298 cm³/mol. The maximum atomic E-state index is 5.83. The smallest absolute Gasteiger partial charge is 0.101 e.